The molecule has 6 nitrogen and oxygen atoms in total. The van der Waals surface area contributed by atoms with Crippen LogP contribution in [0.5, 0.6) is 0 Å². The number of rotatable bonds is 3. The van der Waals surface area contributed by atoms with Crippen LogP contribution in [0.1, 0.15) is 18.4 Å². The van der Waals surface area contributed by atoms with E-state index in [0.717, 1.165) is 29.0 Å². The van der Waals surface area contributed by atoms with E-state index in [2.05, 4.69) is 16.2 Å². The maximum absolute atomic E-state index is 9.05. The van der Waals surface area contributed by atoms with Crippen LogP contribution >= 0.6 is 0 Å². The molecule has 0 saturated heterocycles. The summed E-state index contributed by atoms with van der Waals surface area (Å²) in [6, 6.07) is 9.94. The van der Waals surface area contributed by atoms with Crippen LogP contribution in [0.3, 0.4) is 0 Å². The number of para-hydroxylation sites is 2. The Morgan fingerprint density at radius 3 is 2.76 bits per heavy atom. The molecular formula is C15H16N6. The molecule has 1 aromatic carbocycles. The van der Waals surface area contributed by atoms with Crippen molar-refractivity contribution in [3.63, 3.8) is 0 Å². The van der Waals surface area contributed by atoms with Gasteiger partial charge in [-0.25, -0.2) is 9.67 Å². The van der Waals surface area contributed by atoms with Crippen molar-refractivity contribution < 1.29 is 0 Å². The molecule has 0 saturated carbocycles. The molecule has 2 heterocycles. The highest BCUT2D eigenvalue weighted by Crippen LogP contribution is 2.27. The predicted octanol–water partition coefficient (Wildman–Crippen LogP) is 1.97. The summed E-state index contributed by atoms with van der Waals surface area (Å²) >= 11 is 0. The number of nitrogens with two attached hydrogens (primary N) is 1. The maximum Gasteiger partial charge on any atom is 0.160 e. The summed E-state index contributed by atoms with van der Waals surface area (Å²) in [4.78, 5) is 4.54. The number of fused-ring (bicyclic) bond motifs is 1. The lowest BCUT2D eigenvalue weighted by atomic mass is 10.2. The van der Waals surface area contributed by atoms with Gasteiger partial charge in [-0.1, -0.05) is 19.1 Å². The number of aromatic nitrogens is 4. The topological polar surface area (TPSA) is 85.5 Å². The summed E-state index contributed by atoms with van der Waals surface area (Å²) in [5, 5.41) is 13.5. The van der Waals surface area contributed by atoms with E-state index in [1.54, 1.807) is 4.68 Å². The number of hydrogen-bond acceptors (Lipinski definition) is 4. The predicted molar refractivity (Wildman–Crippen MR) is 80.9 cm³/mol. The Hall–Kier alpha value is -2.81. The minimum absolute atomic E-state index is 0.223. The zero-order chi connectivity index (χ0) is 15.0. The van der Waals surface area contributed by atoms with Gasteiger partial charge in [0.15, 0.2) is 5.82 Å². The minimum atomic E-state index is 0.223. The quantitative estimate of drug-likeness (QED) is 0.794. The second-order valence-electron chi connectivity index (χ2n) is 4.85. The summed E-state index contributed by atoms with van der Waals surface area (Å²) in [5.74, 6) is 1.45. The fourth-order valence-electron chi connectivity index (χ4n) is 2.61. The molecule has 0 aliphatic rings. The molecular weight excluding hydrogens is 264 g/mol. The Kier molecular flexibility index (Phi) is 3.10. The molecule has 0 atom stereocenters. The van der Waals surface area contributed by atoms with Gasteiger partial charge < -0.3 is 5.73 Å². The second kappa shape index (κ2) is 4.94. The first-order valence-electron chi connectivity index (χ1n) is 6.82. The highest BCUT2D eigenvalue weighted by Gasteiger charge is 2.19. The van der Waals surface area contributed by atoms with Crippen molar-refractivity contribution in [2.75, 3.05) is 5.73 Å². The SMILES string of the molecule is CCc1nn(C)c(-n2c(CC#N)nc3ccccc32)c1N. The lowest BCUT2D eigenvalue weighted by Gasteiger charge is -2.09. The van der Waals surface area contributed by atoms with Gasteiger partial charge >= 0.3 is 0 Å². The van der Waals surface area contributed by atoms with E-state index in [9.17, 15) is 0 Å². The monoisotopic (exact) mass is 280 g/mol. The van der Waals surface area contributed by atoms with Crippen LogP contribution in [0.4, 0.5) is 5.69 Å². The molecule has 2 aromatic heterocycles. The van der Waals surface area contributed by atoms with Crippen LogP contribution in [-0.4, -0.2) is 19.3 Å². The van der Waals surface area contributed by atoms with Crippen LogP contribution in [0.25, 0.3) is 16.9 Å². The molecule has 0 bridgehead atoms. The van der Waals surface area contributed by atoms with Gasteiger partial charge in [-0.15, -0.1) is 0 Å². The van der Waals surface area contributed by atoms with Crippen molar-refractivity contribution >= 4 is 16.7 Å². The summed E-state index contributed by atoms with van der Waals surface area (Å²) in [6.45, 7) is 2.02. The molecule has 0 radical (unpaired) electrons. The van der Waals surface area contributed by atoms with E-state index in [0.29, 0.717) is 11.5 Å². The third-order valence-corrected chi connectivity index (χ3v) is 3.54. The standard InChI is InChI=1S/C15H16N6/c1-3-10-14(17)15(20(2)19-10)21-12-7-5-4-6-11(12)18-13(21)8-9-16/h4-7H,3,8,17H2,1-2H3. The van der Waals surface area contributed by atoms with E-state index in [1.807, 2.05) is 42.8 Å². The van der Waals surface area contributed by atoms with E-state index >= 15 is 0 Å². The minimum Gasteiger partial charge on any atom is -0.394 e. The molecule has 106 valence electrons. The van der Waals surface area contributed by atoms with E-state index < -0.39 is 0 Å². The van der Waals surface area contributed by atoms with Gasteiger partial charge in [0.25, 0.3) is 0 Å². The molecule has 0 spiro atoms. The zero-order valence-electron chi connectivity index (χ0n) is 12.0. The fourth-order valence-corrected chi connectivity index (χ4v) is 2.61. The van der Waals surface area contributed by atoms with Crippen LogP contribution in [0.15, 0.2) is 24.3 Å². The number of aryl methyl sites for hydroxylation is 2. The Bertz CT molecular complexity index is 849. The van der Waals surface area contributed by atoms with Gasteiger partial charge in [0.1, 0.15) is 5.82 Å². The first kappa shape index (κ1) is 13.2. The van der Waals surface area contributed by atoms with Gasteiger partial charge in [0, 0.05) is 7.05 Å². The number of benzene rings is 1. The van der Waals surface area contributed by atoms with Crippen molar-refractivity contribution in [3.05, 3.63) is 35.8 Å². The average molecular weight is 280 g/mol. The summed E-state index contributed by atoms with van der Waals surface area (Å²) in [5.41, 5.74) is 9.52. The van der Waals surface area contributed by atoms with E-state index in [1.165, 1.54) is 0 Å². The number of nitrogens with zero attached hydrogens (tertiary/aromatic N) is 5. The first-order chi connectivity index (χ1) is 10.2. The summed E-state index contributed by atoms with van der Waals surface area (Å²) in [6.07, 6.45) is 0.987. The van der Waals surface area contributed by atoms with Crippen molar-refractivity contribution in [3.8, 4) is 11.9 Å². The number of nitriles is 1. The number of nitrogen functional groups attached to an aromatic ring is 1. The van der Waals surface area contributed by atoms with E-state index in [-0.39, 0.29) is 6.42 Å². The van der Waals surface area contributed by atoms with Gasteiger partial charge in [0.2, 0.25) is 0 Å². The summed E-state index contributed by atoms with van der Waals surface area (Å²) < 4.78 is 3.68. The van der Waals surface area contributed by atoms with Crippen molar-refractivity contribution in [2.24, 2.45) is 7.05 Å². The molecule has 0 aliphatic heterocycles. The first-order valence-corrected chi connectivity index (χ1v) is 6.82. The molecule has 0 unspecified atom stereocenters. The van der Waals surface area contributed by atoms with Crippen LogP contribution < -0.4 is 5.73 Å². The Morgan fingerprint density at radius 1 is 1.33 bits per heavy atom. The van der Waals surface area contributed by atoms with Crippen LogP contribution in [0.2, 0.25) is 0 Å². The Balaban J connectivity index is 2.36. The van der Waals surface area contributed by atoms with Gasteiger partial charge in [-0.3, -0.25) is 4.57 Å². The third-order valence-electron chi connectivity index (χ3n) is 3.54. The third kappa shape index (κ3) is 1.94. The summed E-state index contributed by atoms with van der Waals surface area (Å²) in [7, 11) is 1.86. The largest absolute Gasteiger partial charge is 0.394 e. The molecule has 21 heavy (non-hydrogen) atoms. The molecule has 0 fully saturated rings. The van der Waals surface area contributed by atoms with Crippen LogP contribution in [-0.2, 0) is 19.9 Å². The number of hydrogen-bond donors (Lipinski definition) is 1. The molecule has 3 aromatic rings. The fraction of sp³-hybridized carbons (Fsp3) is 0.267. The Labute approximate surface area is 122 Å². The number of anilines is 1. The Morgan fingerprint density at radius 2 is 2.10 bits per heavy atom. The zero-order valence-corrected chi connectivity index (χ0v) is 12.0. The van der Waals surface area contributed by atoms with Gasteiger partial charge in [0.05, 0.1) is 34.9 Å². The van der Waals surface area contributed by atoms with Gasteiger partial charge in [-0.2, -0.15) is 10.4 Å². The highest BCUT2D eigenvalue weighted by atomic mass is 15.3. The lowest BCUT2D eigenvalue weighted by molar-refractivity contribution is 0.712. The molecule has 0 aliphatic carbocycles. The van der Waals surface area contributed by atoms with Crippen molar-refractivity contribution in [1.82, 2.24) is 19.3 Å². The smallest absolute Gasteiger partial charge is 0.160 e. The van der Waals surface area contributed by atoms with Gasteiger partial charge in [-0.05, 0) is 18.6 Å². The van der Waals surface area contributed by atoms with E-state index in [4.69, 9.17) is 11.0 Å². The van der Waals surface area contributed by atoms with Crippen LogP contribution in [0, 0.1) is 11.3 Å². The lowest BCUT2D eigenvalue weighted by Crippen LogP contribution is -2.08. The average Bonchev–Trinajstić information content (AvgIpc) is 2.96. The van der Waals surface area contributed by atoms with Crippen molar-refractivity contribution in [1.29, 1.82) is 5.26 Å². The highest BCUT2D eigenvalue weighted by molar-refractivity contribution is 5.79. The maximum atomic E-state index is 9.05. The molecule has 0 amide bonds. The molecule has 2 N–H and O–H groups in total. The normalized spacial score (nSPS) is 10.9. The number of imidazole rings is 1. The second-order valence-corrected chi connectivity index (χ2v) is 4.85. The molecule has 6 heteroatoms. The van der Waals surface area contributed by atoms with Crippen molar-refractivity contribution in [2.45, 2.75) is 19.8 Å². The molecule has 3 rings (SSSR count).